The van der Waals surface area contributed by atoms with Gasteiger partial charge in [0.1, 0.15) is 22.8 Å². The van der Waals surface area contributed by atoms with Crippen LogP contribution in [-0.4, -0.2) is 38.0 Å². The van der Waals surface area contributed by atoms with Gasteiger partial charge < -0.3 is 14.2 Å². The SMILES string of the molecule is COc1ccc(C(=O)Oc2ccccc2/C=C2/C(=O)NC(=O)N(c3ccccc3OC)C2=O)cc1. The Labute approximate surface area is 200 Å². The number of rotatable bonds is 6. The Hall–Kier alpha value is -4.92. The molecule has 9 nitrogen and oxygen atoms in total. The molecule has 0 radical (unpaired) electrons. The maximum absolute atomic E-state index is 13.2. The number of nitrogens with one attached hydrogen (secondary N) is 1. The van der Waals surface area contributed by atoms with E-state index in [1.165, 1.54) is 32.4 Å². The molecule has 3 aromatic rings. The second kappa shape index (κ2) is 9.92. The number of urea groups is 1. The molecule has 0 aromatic heterocycles. The number of hydrogen-bond donors (Lipinski definition) is 1. The second-order valence-corrected chi connectivity index (χ2v) is 7.29. The smallest absolute Gasteiger partial charge is 0.343 e. The number of hydrogen-bond acceptors (Lipinski definition) is 7. The molecule has 4 amide bonds. The third-order valence-electron chi connectivity index (χ3n) is 5.17. The van der Waals surface area contributed by atoms with Crippen molar-refractivity contribution < 1.29 is 33.4 Å². The Bertz CT molecular complexity index is 1350. The molecule has 0 unspecified atom stereocenters. The van der Waals surface area contributed by atoms with E-state index in [0.29, 0.717) is 11.3 Å². The Morgan fingerprint density at radius 3 is 2.17 bits per heavy atom. The van der Waals surface area contributed by atoms with E-state index in [1.807, 2.05) is 0 Å². The van der Waals surface area contributed by atoms with Crippen LogP contribution in [0.2, 0.25) is 0 Å². The summed E-state index contributed by atoms with van der Waals surface area (Å²) in [6.07, 6.45) is 1.27. The molecule has 0 bridgehead atoms. The van der Waals surface area contributed by atoms with Crippen molar-refractivity contribution in [3.8, 4) is 17.2 Å². The Kier molecular flexibility index (Phi) is 6.59. The molecular weight excluding hydrogens is 452 g/mol. The Morgan fingerprint density at radius 1 is 0.829 bits per heavy atom. The average Bonchev–Trinajstić information content (AvgIpc) is 2.87. The molecule has 1 aliphatic rings. The van der Waals surface area contributed by atoms with Gasteiger partial charge in [-0.25, -0.2) is 14.5 Å². The van der Waals surface area contributed by atoms with Crippen LogP contribution in [0.3, 0.4) is 0 Å². The largest absolute Gasteiger partial charge is 0.497 e. The van der Waals surface area contributed by atoms with Crippen LogP contribution in [0.5, 0.6) is 17.2 Å². The summed E-state index contributed by atoms with van der Waals surface area (Å²) < 4.78 is 15.9. The van der Waals surface area contributed by atoms with Crippen molar-refractivity contribution in [3.05, 3.63) is 89.5 Å². The minimum absolute atomic E-state index is 0.127. The quantitative estimate of drug-likeness (QED) is 0.253. The van der Waals surface area contributed by atoms with Crippen molar-refractivity contribution in [2.24, 2.45) is 0 Å². The summed E-state index contributed by atoms with van der Waals surface area (Å²) in [4.78, 5) is 51.8. The highest BCUT2D eigenvalue weighted by Crippen LogP contribution is 2.31. The molecule has 1 saturated heterocycles. The summed E-state index contributed by atoms with van der Waals surface area (Å²) >= 11 is 0. The normalized spacial score (nSPS) is 14.5. The summed E-state index contributed by atoms with van der Waals surface area (Å²) in [5.74, 6) is -1.37. The van der Waals surface area contributed by atoms with Gasteiger partial charge in [0, 0.05) is 5.56 Å². The van der Waals surface area contributed by atoms with Crippen molar-refractivity contribution in [3.63, 3.8) is 0 Å². The van der Waals surface area contributed by atoms with E-state index < -0.39 is 23.8 Å². The van der Waals surface area contributed by atoms with Crippen molar-refractivity contribution in [1.29, 1.82) is 0 Å². The zero-order chi connectivity index (χ0) is 24.9. The van der Waals surface area contributed by atoms with Gasteiger partial charge in [-0.1, -0.05) is 30.3 Å². The summed E-state index contributed by atoms with van der Waals surface area (Å²) in [6.45, 7) is 0. The van der Waals surface area contributed by atoms with Crippen LogP contribution in [0.4, 0.5) is 10.5 Å². The van der Waals surface area contributed by atoms with E-state index in [1.54, 1.807) is 60.7 Å². The monoisotopic (exact) mass is 472 g/mol. The van der Waals surface area contributed by atoms with Crippen molar-refractivity contribution in [2.75, 3.05) is 19.1 Å². The fraction of sp³-hybridized carbons (Fsp3) is 0.0769. The topological polar surface area (TPSA) is 111 Å². The first-order valence-corrected chi connectivity index (χ1v) is 10.4. The summed E-state index contributed by atoms with van der Waals surface area (Å²) in [7, 11) is 2.92. The Morgan fingerprint density at radius 2 is 1.49 bits per heavy atom. The predicted octanol–water partition coefficient (Wildman–Crippen LogP) is 3.59. The van der Waals surface area contributed by atoms with E-state index in [-0.39, 0.29) is 28.3 Å². The molecule has 1 heterocycles. The van der Waals surface area contributed by atoms with Crippen LogP contribution >= 0.6 is 0 Å². The lowest BCUT2D eigenvalue weighted by molar-refractivity contribution is -0.122. The lowest BCUT2D eigenvalue weighted by atomic mass is 10.1. The highest BCUT2D eigenvalue weighted by Gasteiger charge is 2.38. The third-order valence-corrected chi connectivity index (χ3v) is 5.17. The maximum Gasteiger partial charge on any atom is 0.343 e. The van der Waals surface area contributed by atoms with Gasteiger partial charge in [-0.05, 0) is 48.5 Å². The van der Waals surface area contributed by atoms with Gasteiger partial charge in [0.15, 0.2) is 0 Å². The van der Waals surface area contributed by atoms with E-state index in [2.05, 4.69) is 5.32 Å². The van der Waals surface area contributed by atoms with Crippen LogP contribution < -0.4 is 24.4 Å². The number of imide groups is 2. The van der Waals surface area contributed by atoms with E-state index in [4.69, 9.17) is 14.2 Å². The number of carbonyl (C=O) groups excluding carboxylic acids is 4. The molecule has 176 valence electrons. The van der Waals surface area contributed by atoms with Gasteiger partial charge in [-0.2, -0.15) is 0 Å². The van der Waals surface area contributed by atoms with Gasteiger partial charge in [-0.3, -0.25) is 14.9 Å². The van der Waals surface area contributed by atoms with Gasteiger partial charge in [0.05, 0.1) is 25.5 Å². The lowest BCUT2D eigenvalue weighted by Gasteiger charge is -2.27. The van der Waals surface area contributed by atoms with Crippen LogP contribution in [0.15, 0.2) is 78.4 Å². The molecule has 0 aliphatic carbocycles. The van der Waals surface area contributed by atoms with Crippen molar-refractivity contribution in [2.45, 2.75) is 0 Å². The molecule has 3 aromatic carbocycles. The second-order valence-electron chi connectivity index (χ2n) is 7.29. The Balaban J connectivity index is 1.67. The number of benzene rings is 3. The fourth-order valence-corrected chi connectivity index (χ4v) is 3.42. The summed E-state index contributed by atoms with van der Waals surface area (Å²) in [5, 5.41) is 2.16. The first-order valence-electron chi connectivity index (χ1n) is 10.4. The number of anilines is 1. The predicted molar refractivity (Wildman–Crippen MR) is 126 cm³/mol. The van der Waals surface area contributed by atoms with Gasteiger partial charge >= 0.3 is 12.0 Å². The minimum Gasteiger partial charge on any atom is -0.497 e. The number of methoxy groups -OCH3 is 2. The minimum atomic E-state index is -0.902. The number of carbonyl (C=O) groups is 4. The average molecular weight is 472 g/mol. The molecule has 1 aliphatic heterocycles. The number of esters is 1. The van der Waals surface area contributed by atoms with Crippen LogP contribution in [0.25, 0.3) is 6.08 Å². The zero-order valence-electron chi connectivity index (χ0n) is 18.8. The lowest BCUT2D eigenvalue weighted by Crippen LogP contribution is -2.54. The van der Waals surface area contributed by atoms with E-state index in [0.717, 1.165) is 4.90 Å². The maximum atomic E-state index is 13.2. The van der Waals surface area contributed by atoms with E-state index in [9.17, 15) is 19.2 Å². The fourth-order valence-electron chi connectivity index (χ4n) is 3.42. The first kappa shape index (κ1) is 23.2. The number of para-hydroxylation sites is 3. The van der Waals surface area contributed by atoms with Crippen LogP contribution in [-0.2, 0) is 9.59 Å². The number of ether oxygens (including phenoxy) is 3. The zero-order valence-corrected chi connectivity index (χ0v) is 18.8. The van der Waals surface area contributed by atoms with Crippen LogP contribution in [0.1, 0.15) is 15.9 Å². The molecule has 4 rings (SSSR count). The summed E-state index contributed by atoms with van der Waals surface area (Å²) in [5.41, 5.74) is 0.438. The van der Waals surface area contributed by atoms with Crippen molar-refractivity contribution in [1.82, 2.24) is 5.32 Å². The molecule has 0 saturated carbocycles. The van der Waals surface area contributed by atoms with Gasteiger partial charge in [-0.15, -0.1) is 0 Å². The molecule has 1 N–H and O–H groups in total. The molecule has 9 heteroatoms. The highest BCUT2D eigenvalue weighted by atomic mass is 16.5. The number of amides is 4. The number of nitrogens with zero attached hydrogens (tertiary/aromatic N) is 1. The molecule has 0 atom stereocenters. The molecule has 0 spiro atoms. The van der Waals surface area contributed by atoms with Crippen molar-refractivity contribution >= 4 is 35.6 Å². The molecule has 35 heavy (non-hydrogen) atoms. The molecular formula is C26H20N2O7. The standard InChI is InChI=1S/C26H20N2O7/c1-33-18-13-11-16(12-14-18)25(31)35-21-9-5-3-7-17(21)15-19-23(29)27-26(32)28(24(19)30)20-8-4-6-10-22(20)34-2/h3-15H,1-2H3,(H,27,29,32)/b19-15-. The van der Waals surface area contributed by atoms with E-state index >= 15 is 0 Å². The highest BCUT2D eigenvalue weighted by molar-refractivity contribution is 6.39. The summed E-state index contributed by atoms with van der Waals surface area (Å²) in [6, 6.07) is 18.3. The third kappa shape index (κ3) is 4.74. The van der Waals surface area contributed by atoms with Gasteiger partial charge in [0.2, 0.25) is 0 Å². The first-order chi connectivity index (χ1) is 16.9. The molecule has 1 fully saturated rings. The van der Waals surface area contributed by atoms with Crippen LogP contribution in [0, 0.1) is 0 Å². The number of barbiturate groups is 1. The van der Waals surface area contributed by atoms with Gasteiger partial charge in [0.25, 0.3) is 11.8 Å².